The number of ether oxygens (including phenoxy) is 1. The smallest absolute Gasteiger partial charge is 0.404 e. The van der Waals surface area contributed by atoms with Crippen molar-refractivity contribution >= 4 is 40.5 Å². The van der Waals surface area contributed by atoms with Crippen molar-refractivity contribution in [2.75, 3.05) is 0 Å². The molecule has 0 aliphatic rings. The first-order valence-corrected chi connectivity index (χ1v) is 11.0. The Morgan fingerprint density at radius 3 is 2.43 bits per heavy atom. The molecule has 2 aromatic heterocycles. The van der Waals surface area contributed by atoms with E-state index in [1.165, 1.54) is 0 Å². The summed E-state index contributed by atoms with van der Waals surface area (Å²) in [4.78, 5) is 20.4. The standard InChI is InChI=1S/C20H20Cl2N4O3S/c1-12(2)18-19(30(28)16-8-14(21)7-15(22)9-16)26(10-13-3-5-24-6-4-13)17(25-18)11-29-20(23)27/h3-9,12,28H,10-11H2,1-2H3,(H-,23,27)/p+1. The third-order valence-corrected chi connectivity index (χ3v) is 6.16. The predicted molar refractivity (Wildman–Crippen MR) is 117 cm³/mol. The van der Waals surface area contributed by atoms with Gasteiger partial charge in [0.1, 0.15) is 5.69 Å². The molecule has 158 valence electrons. The van der Waals surface area contributed by atoms with Gasteiger partial charge in [0.25, 0.3) is 5.03 Å². The molecular formula is C20H21Cl2N4O3S+. The lowest BCUT2D eigenvalue weighted by Crippen LogP contribution is -2.18. The van der Waals surface area contributed by atoms with Crippen LogP contribution in [0, 0.1) is 0 Å². The first-order valence-electron chi connectivity index (χ1n) is 9.06. The van der Waals surface area contributed by atoms with Gasteiger partial charge in [0, 0.05) is 40.5 Å². The molecule has 0 spiro atoms. The summed E-state index contributed by atoms with van der Waals surface area (Å²) in [5.74, 6) is 0.479. The Kier molecular flexibility index (Phi) is 7.25. The number of amides is 1. The van der Waals surface area contributed by atoms with Crippen molar-refractivity contribution in [1.29, 1.82) is 0 Å². The fourth-order valence-corrected chi connectivity index (χ4v) is 5.13. The number of hydrogen-bond acceptors (Lipinski definition) is 5. The van der Waals surface area contributed by atoms with Gasteiger partial charge in [-0.15, -0.1) is 0 Å². The zero-order chi connectivity index (χ0) is 21.8. The van der Waals surface area contributed by atoms with E-state index in [2.05, 4.69) is 9.97 Å². The van der Waals surface area contributed by atoms with Crippen LogP contribution >= 0.6 is 23.2 Å². The summed E-state index contributed by atoms with van der Waals surface area (Å²) in [6.45, 7) is 4.23. The summed E-state index contributed by atoms with van der Waals surface area (Å²) in [6.07, 6.45) is 2.47. The van der Waals surface area contributed by atoms with Gasteiger partial charge in [0.05, 0.1) is 6.54 Å². The second-order valence-corrected chi connectivity index (χ2v) is 9.11. The van der Waals surface area contributed by atoms with E-state index in [4.69, 9.17) is 33.7 Å². The maximum Gasteiger partial charge on any atom is 0.404 e. The van der Waals surface area contributed by atoms with Gasteiger partial charge in [0.2, 0.25) is 16.1 Å². The summed E-state index contributed by atoms with van der Waals surface area (Å²) in [5.41, 5.74) is 6.78. The Balaban J connectivity index is 2.15. The van der Waals surface area contributed by atoms with Crippen molar-refractivity contribution in [2.24, 2.45) is 5.73 Å². The summed E-state index contributed by atoms with van der Waals surface area (Å²) >= 11 is 10.9. The number of aromatic nitrogens is 3. The molecule has 30 heavy (non-hydrogen) atoms. The van der Waals surface area contributed by atoms with Crippen LogP contribution in [-0.2, 0) is 29.1 Å². The number of primary amides is 1. The lowest BCUT2D eigenvalue weighted by atomic mass is 10.1. The first kappa shape index (κ1) is 22.4. The van der Waals surface area contributed by atoms with Gasteiger partial charge in [-0.2, -0.15) is 4.55 Å². The number of carbonyl (C=O) groups is 1. The molecule has 7 nitrogen and oxygen atoms in total. The van der Waals surface area contributed by atoms with Crippen LogP contribution in [0.25, 0.3) is 0 Å². The maximum absolute atomic E-state index is 11.3. The Morgan fingerprint density at radius 1 is 1.23 bits per heavy atom. The topological polar surface area (TPSA) is 103 Å². The highest BCUT2D eigenvalue weighted by Gasteiger charge is 2.37. The molecule has 0 radical (unpaired) electrons. The predicted octanol–water partition coefficient (Wildman–Crippen LogP) is 4.86. The third-order valence-electron chi connectivity index (χ3n) is 4.25. The molecule has 0 aliphatic heterocycles. The fraction of sp³-hybridized carbons (Fsp3) is 0.250. The number of carbonyl (C=O) groups excluding carboxylic acids is 1. The van der Waals surface area contributed by atoms with Gasteiger partial charge in [-0.1, -0.05) is 37.0 Å². The van der Waals surface area contributed by atoms with E-state index in [1.807, 2.05) is 30.5 Å². The van der Waals surface area contributed by atoms with Crippen LogP contribution in [0.4, 0.5) is 4.79 Å². The van der Waals surface area contributed by atoms with Crippen LogP contribution in [0.3, 0.4) is 0 Å². The van der Waals surface area contributed by atoms with Gasteiger partial charge in [-0.25, -0.2) is 9.78 Å². The number of imidazole rings is 1. The highest BCUT2D eigenvalue weighted by Crippen LogP contribution is 2.33. The van der Waals surface area contributed by atoms with Crippen molar-refractivity contribution in [2.45, 2.75) is 42.8 Å². The molecule has 1 amide bonds. The second-order valence-electron chi connectivity index (χ2n) is 6.81. The Bertz CT molecular complexity index is 1020. The summed E-state index contributed by atoms with van der Waals surface area (Å²) < 4.78 is 18.2. The molecule has 10 heteroatoms. The first-order chi connectivity index (χ1) is 14.3. The minimum absolute atomic E-state index is 0.00262. The van der Waals surface area contributed by atoms with Gasteiger partial charge in [0.15, 0.2) is 12.4 Å². The normalized spacial score (nSPS) is 12.2. The number of pyridine rings is 1. The van der Waals surface area contributed by atoms with E-state index in [-0.39, 0.29) is 12.5 Å². The monoisotopic (exact) mass is 467 g/mol. The van der Waals surface area contributed by atoms with Gasteiger partial charge >= 0.3 is 6.09 Å². The number of benzene rings is 1. The van der Waals surface area contributed by atoms with Crippen LogP contribution in [0.15, 0.2) is 52.6 Å². The molecule has 3 aromatic rings. The van der Waals surface area contributed by atoms with Gasteiger partial charge in [-0.05, 0) is 23.8 Å². The molecular weight excluding hydrogens is 447 g/mol. The minimum atomic E-state index is -1.38. The molecule has 0 bridgehead atoms. The number of hydrogen-bond donors (Lipinski definition) is 2. The van der Waals surface area contributed by atoms with Crippen molar-refractivity contribution in [3.63, 3.8) is 0 Å². The number of rotatable bonds is 7. The molecule has 1 atom stereocenters. The summed E-state index contributed by atoms with van der Waals surface area (Å²) in [5, 5.41) is 1.45. The molecule has 0 fully saturated rings. The van der Waals surface area contributed by atoms with Gasteiger partial charge < -0.3 is 10.5 Å². The van der Waals surface area contributed by atoms with Crippen LogP contribution in [0.2, 0.25) is 10.0 Å². The number of halogens is 2. The average molecular weight is 468 g/mol. The SMILES string of the molecule is CC(C)c1nc(COC(N)=O)n(Cc2ccncc2)c1[S+](O)c1cc(Cl)cc(Cl)c1. The average Bonchev–Trinajstić information content (AvgIpc) is 3.04. The minimum Gasteiger partial charge on any atom is -0.442 e. The maximum atomic E-state index is 11.3. The third kappa shape index (κ3) is 5.26. The van der Waals surface area contributed by atoms with Gasteiger partial charge in [-0.3, -0.25) is 9.55 Å². The summed E-state index contributed by atoms with van der Waals surface area (Å²) in [7, 11) is 0. The zero-order valence-electron chi connectivity index (χ0n) is 16.4. The van der Waals surface area contributed by atoms with Crippen LogP contribution in [-0.4, -0.2) is 25.2 Å². The van der Waals surface area contributed by atoms with Crippen LogP contribution in [0.1, 0.15) is 36.8 Å². The molecule has 1 aromatic carbocycles. The van der Waals surface area contributed by atoms with E-state index in [1.54, 1.807) is 30.6 Å². The molecule has 0 saturated carbocycles. The Hall–Kier alpha value is -2.26. The zero-order valence-corrected chi connectivity index (χ0v) is 18.7. The van der Waals surface area contributed by atoms with Crippen molar-refractivity contribution in [3.8, 4) is 0 Å². The quantitative estimate of drug-likeness (QED) is 0.482. The highest BCUT2D eigenvalue weighted by molar-refractivity contribution is 7.91. The lowest BCUT2D eigenvalue weighted by Gasteiger charge is -2.11. The molecule has 0 saturated heterocycles. The second kappa shape index (κ2) is 9.70. The van der Waals surface area contributed by atoms with Crippen LogP contribution < -0.4 is 5.73 Å². The van der Waals surface area contributed by atoms with E-state index < -0.39 is 17.3 Å². The highest BCUT2D eigenvalue weighted by atomic mass is 35.5. The molecule has 1 unspecified atom stereocenters. The molecule has 3 rings (SSSR count). The summed E-state index contributed by atoms with van der Waals surface area (Å²) in [6, 6.07) is 8.67. The lowest BCUT2D eigenvalue weighted by molar-refractivity contribution is 0.145. The van der Waals surface area contributed by atoms with Crippen molar-refractivity contribution < 1.29 is 14.1 Å². The van der Waals surface area contributed by atoms with E-state index in [0.29, 0.717) is 38.0 Å². The van der Waals surface area contributed by atoms with Crippen molar-refractivity contribution in [1.82, 2.24) is 14.5 Å². The van der Waals surface area contributed by atoms with Crippen molar-refractivity contribution in [3.05, 3.63) is 69.9 Å². The molecule has 2 heterocycles. The molecule has 0 aliphatic carbocycles. The Morgan fingerprint density at radius 2 is 1.87 bits per heavy atom. The largest absolute Gasteiger partial charge is 0.442 e. The molecule has 3 N–H and O–H groups in total. The fourth-order valence-electron chi connectivity index (χ4n) is 2.91. The Labute approximate surface area is 187 Å². The van der Waals surface area contributed by atoms with E-state index in [0.717, 1.165) is 5.56 Å². The van der Waals surface area contributed by atoms with E-state index in [9.17, 15) is 9.35 Å². The number of nitrogens with zero attached hydrogens (tertiary/aromatic N) is 3. The number of nitrogens with two attached hydrogens (primary N) is 1. The van der Waals surface area contributed by atoms with Crippen LogP contribution in [0.5, 0.6) is 0 Å². The van der Waals surface area contributed by atoms with E-state index >= 15 is 0 Å².